The quantitative estimate of drug-likeness (QED) is 0.745. The lowest BCUT2D eigenvalue weighted by atomic mass is 10.3. The highest BCUT2D eigenvalue weighted by molar-refractivity contribution is 9.10. The summed E-state index contributed by atoms with van der Waals surface area (Å²) in [7, 11) is 0. The number of nitrogens with zero attached hydrogens (tertiary/aromatic N) is 2. The Labute approximate surface area is 104 Å². The summed E-state index contributed by atoms with van der Waals surface area (Å²) < 4.78 is 0.795. The van der Waals surface area contributed by atoms with Crippen LogP contribution >= 0.6 is 15.9 Å². The molecule has 0 saturated carbocycles. The van der Waals surface area contributed by atoms with Crippen LogP contribution in [0.3, 0.4) is 0 Å². The van der Waals surface area contributed by atoms with Crippen molar-refractivity contribution in [2.45, 2.75) is 26.3 Å². The van der Waals surface area contributed by atoms with E-state index in [-0.39, 0.29) is 12.6 Å². The van der Waals surface area contributed by atoms with Crippen LogP contribution in [-0.4, -0.2) is 34.3 Å². The average Bonchev–Trinajstić information content (AvgIpc) is 2.30. The Morgan fingerprint density at radius 2 is 2.12 bits per heavy atom. The van der Waals surface area contributed by atoms with Crippen LogP contribution in [0.1, 0.15) is 20.3 Å². The monoisotopic (exact) mass is 288 g/mol. The van der Waals surface area contributed by atoms with Gasteiger partial charge in [-0.1, -0.05) is 6.92 Å². The van der Waals surface area contributed by atoms with E-state index in [1.54, 1.807) is 0 Å². The van der Waals surface area contributed by atoms with E-state index in [1.807, 2.05) is 6.92 Å². The molecule has 90 valence electrons. The third kappa shape index (κ3) is 3.61. The van der Waals surface area contributed by atoms with Crippen molar-refractivity contribution in [1.82, 2.24) is 9.97 Å². The van der Waals surface area contributed by atoms with Crippen molar-refractivity contribution in [2.75, 3.05) is 23.8 Å². The van der Waals surface area contributed by atoms with Gasteiger partial charge in [0.25, 0.3) is 0 Å². The molecule has 0 aliphatic heterocycles. The zero-order valence-corrected chi connectivity index (χ0v) is 11.1. The lowest BCUT2D eigenvalue weighted by Gasteiger charge is -2.14. The number of hydrogen-bond donors (Lipinski definition) is 3. The van der Waals surface area contributed by atoms with Crippen LogP contribution in [0.5, 0.6) is 0 Å². The third-order valence-electron chi connectivity index (χ3n) is 1.99. The molecule has 1 aromatic rings. The van der Waals surface area contributed by atoms with Gasteiger partial charge < -0.3 is 15.7 Å². The second kappa shape index (κ2) is 6.65. The van der Waals surface area contributed by atoms with Crippen molar-refractivity contribution >= 4 is 27.6 Å². The molecular weight excluding hydrogens is 272 g/mol. The summed E-state index contributed by atoms with van der Waals surface area (Å²) in [6.45, 7) is 4.90. The number of anilines is 2. The van der Waals surface area contributed by atoms with Crippen molar-refractivity contribution in [3.63, 3.8) is 0 Å². The predicted molar refractivity (Wildman–Crippen MR) is 68.7 cm³/mol. The molecule has 6 heteroatoms. The molecule has 16 heavy (non-hydrogen) atoms. The maximum Gasteiger partial charge on any atom is 0.146 e. The molecule has 1 heterocycles. The first-order valence-corrected chi connectivity index (χ1v) is 6.10. The molecule has 0 fully saturated rings. The van der Waals surface area contributed by atoms with Gasteiger partial charge in [0, 0.05) is 12.6 Å². The molecule has 0 aromatic carbocycles. The molecule has 1 aromatic heterocycles. The summed E-state index contributed by atoms with van der Waals surface area (Å²) in [6, 6.07) is -0.0368. The zero-order chi connectivity index (χ0) is 12.0. The van der Waals surface area contributed by atoms with Crippen LogP contribution in [0.4, 0.5) is 11.6 Å². The Hall–Kier alpha value is -0.880. The topological polar surface area (TPSA) is 70.1 Å². The van der Waals surface area contributed by atoms with Crippen molar-refractivity contribution in [2.24, 2.45) is 0 Å². The number of aliphatic hydroxyl groups excluding tert-OH is 1. The highest BCUT2D eigenvalue weighted by atomic mass is 79.9. The highest BCUT2D eigenvalue weighted by Gasteiger charge is 2.09. The number of rotatable bonds is 6. The lowest BCUT2D eigenvalue weighted by molar-refractivity contribution is 0.281. The molecule has 0 aliphatic rings. The van der Waals surface area contributed by atoms with Crippen molar-refractivity contribution in [3.8, 4) is 0 Å². The molecule has 0 aliphatic carbocycles. The fourth-order valence-electron chi connectivity index (χ4n) is 1.12. The van der Waals surface area contributed by atoms with E-state index in [4.69, 9.17) is 5.11 Å². The average molecular weight is 289 g/mol. The van der Waals surface area contributed by atoms with Crippen LogP contribution in [-0.2, 0) is 0 Å². The lowest BCUT2D eigenvalue weighted by Crippen LogP contribution is -2.20. The molecule has 1 unspecified atom stereocenters. The van der Waals surface area contributed by atoms with Crippen molar-refractivity contribution < 1.29 is 5.11 Å². The van der Waals surface area contributed by atoms with Crippen LogP contribution in [0.2, 0.25) is 0 Å². The minimum atomic E-state index is -0.0368. The summed E-state index contributed by atoms with van der Waals surface area (Å²) in [6.07, 6.45) is 2.53. The zero-order valence-electron chi connectivity index (χ0n) is 9.50. The second-order valence-electron chi connectivity index (χ2n) is 3.54. The van der Waals surface area contributed by atoms with Crippen molar-refractivity contribution in [1.29, 1.82) is 0 Å². The van der Waals surface area contributed by atoms with Gasteiger partial charge in [0.15, 0.2) is 0 Å². The Morgan fingerprint density at radius 1 is 1.44 bits per heavy atom. The van der Waals surface area contributed by atoms with E-state index in [2.05, 4.69) is 43.5 Å². The normalized spacial score (nSPS) is 12.2. The van der Waals surface area contributed by atoms with Gasteiger partial charge in [-0.15, -0.1) is 0 Å². The molecule has 0 saturated heterocycles. The molecular formula is C10H17BrN4O. The maximum absolute atomic E-state index is 8.96. The molecule has 5 nitrogen and oxygen atoms in total. The van der Waals surface area contributed by atoms with Crippen LogP contribution in [0.15, 0.2) is 10.8 Å². The number of aliphatic hydroxyl groups is 1. The van der Waals surface area contributed by atoms with Crippen LogP contribution < -0.4 is 10.6 Å². The minimum Gasteiger partial charge on any atom is -0.394 e. The number of halogens is 1. The fourth-order valence-corrected chi connectivity index (χ4v) is 1.58. The Kier molecular flexibility index (Phi) is 5.48. The second-order valence-corrected chi connectivity index (χ2v) is 4.33. The predicted octanol–water partition coefficient (Wildman–Crippen LogP) is 1.85. The van der Waals surface area contributed by atoms with E-state index in [0.717, 1.165) is 23.3 Å². The first-order valence-electron chi connectivity index (χ1n) is 5.30. The fraction of sp³-hybridized carbons (Fsp3) is 0.600. The Balaban J connectivity index is 2.77. The van der Waals surface area contributed by atoms with Gasteiger partial charge in [-0.05, 0) is 29.3 Å². The van der Waals surface area contributed by atoms with Gasteiger partial charge in [-0.2, -0.15) is 0 Å². The molecule has 0 amide bonds. The summed E-state index contributed by atoms with van der Waals surface area (Å²) in [4.78, 5) is 8.25. The summed E-state index contributed by atoms with van der Waals surface area (Å²) in [5, 5.41) is 15.2. The highest BCUT2D eigenvalue weighted by Crippen LogP contribution is 2.26. The smallest absolute Gasteiger partial charge is 0.146 e. The number of hydrogen-bond acceptors (Lipinski definition) is 5. The SMILES string of the molecule is CCCNc1ncnc(NC(C)CO)c1Br. The van der Waals surface area contributed by atoms with E-state index in [0.29, 0.717) is 5.82 Å². The first kappa shape index (κ1) is 13.2. The van der Waals surface area contributed by atoms with Gasteiger partial charge in [-0.3, -0.25) is 0 Å². The van der Waals surface area contributed by atoms with E-state index in [9.17, 15) is 0 Å². The Bertz CT molecular complexity index is 335. The molecule has 0 radical (unpaired) electrons. The summed E-state index contributed by atoms with van der Waals surface area (Å²) >= 11 is 3.44. The van der Waals surface area contributed by atoms with Crippen molar-refractivity contribution in [3.05, 3.63) is 10.8 Å². The molecule has 3 N–H and O–H groups in total. The molecule has 1 atom stereocenters. The van der Waals surface area contributed by atoms with Gasteiger partial charge >= 0.3 is 0 Å². The van der Waals surface area contributed by atoms with Gasteiger partial charge in [0.05, 0.1) is 6.61 Å². The van der Waals surface area contributed by atoms with E-state index in [1.165, 1.54) is 6.33 Å². The van der Waals surface area contributed by atoms with Gasteiger partial charge in [0.1, 0.15) is 22.4 Å². The van der Waals surface area contributed by atoms with Crippen LogP contribution in [0, 0.1) is 0 Å². The van der Waals surface area contributed by atoms with E-state index < -0.39 is 0 Å². The van der Waals surface area contributed by atoms with Gasteiger partial charge in [-0.25, -0.2) is 9.97 Å². The molecule has 0 spiro atoms. The standard InChI is InChI=1S/C10H17BrN4O/c1-3-4-12-9-8(11)10(14-6-13-9)15-7(2)5-16/h6-7,16H,3-5H2,1-2H3,(H2,12,13,14,15). The van der Waals surface area contributed by atoms with Crippen LogP contribution in [0.25, 0.3) is 0 Å². The Morgan fingerprint density at radius 3 is 2.75 bits per heavy atom. The third-order valence-corrected chi connectivity index (χ3v) is 2.74. The first-order chi connectivity index (χ1) is 7.69. The summed E-state index contributed by atoms with van der Waals surface area (Å²) in [5.41, 5.74) is 0. The number of nitrogens with one attached hydrogen (secondary N) is 2. The summed E-state index contributed by atoms with van der Waals surface area (Å²) in [5.74, 6) is 1.46. The minimum absolute atomic E-state index is 0.0368. The number of aromatic nitrogens is 2. The van der Waals surface area contributed by atoms with E-state index >= 15 is 0 Å². The molecule has 0 bridgehead atoms. The van der Waals surface area contributed by atoms with Gasteiger partial charge in [0.2, 0.25) is 0 Å². The maximum atomic E-state index is 8.96. The molecule has 1 rings (SSSR count). The largest absolute Gasteiger partial charge is 0.394 e.